The molecule has 0 saturated carbocycles. The van der Waals surface area contributed by atoms with E-state index in [1.54, 1.807) is 17.0 Å². The number of aliphatic carboxylic acids is 1. The maximum atomic E-state index is 12.3. The number of halogens is 1. The predicted octanol–water partition coefficient (Wildman–Crippen LogP) is 0.228. The van der Waals surface area contributed by atoms with Gasteiger partial charge in [0.2, 0.25) is 11.8 Å². The third kappa shape index (κ3) is 5.82. The molecule has 1 heterocycles. The van der Waals surface area contributed by atoms with E-state index in [4.69, 9.17) is 16.7 Å². The molecule has 24 heavy (non-hydrogen) atoms. The first kappa shape index (κ1) is 18.2. The minimum atomic E-state index is -1.07. The van der Waals surface area contributed by atoms with Gasteiger partial charge in [0.05, 0.1) is 13.0 Å². The van der Waals surface area contributed by atoms with Crippen LogP contribution in [-0.4, -0.2) is 72.0 Å². The topological polar surface area (TPSA) is 89.9 Å². The lowest BCUT2D eigenvalue weighted by Gasteiger charge is -2.34. The number of carboxylic acids is 1. The summed E-state index contributed by atoms with van der Waals surface area (Å²) in [6, 6.07) is 7.20. The Morgan fingerprint density at radius 2 is 1.71 bits per heavy atom. The first-order valence-electron chi connectivity index (χ1n) is 7.67. The molecule has 1 aliphatic heterocycles. The number of carboxylic acid groups (broad SMARTS) is 1. The molecule has 0 unspecified atom stereocenters. The molecule has 0 aliphatic carbocycles. The van der Waals surface area contributed by atoms with Gasteiger partial charge in [-0.1, -0.05) is 23.7 Å². The van der Waals surface area contributed by atoms with Crippen molar-refractivity contribution in [1.82, 2.24) is 15.1 Å². The monoisotopic (exact) mass is 353 g/mol. The average Bonchev–Trinajstić information content (AvgIpc) is 2.55. The van der Waals surface area contributed by atoms with E-state index in [0.29, 0.717) is 37.6 Å². The number of piperazine rings is 1. The van der Waals surface area contributed by atoms with Gasteiger partial charge in [0.1, 0.15) is 6.54 Å². The van der Waals surface area contributed by atoms with Crippen molar-refractivity contribution in [3.63, 3.8) is 0 Å². The minimum absolute atomic E-state index is 0.0484. The Morgan fingerprint density at radius 3 is 2.29 bits per heavy atom. The van der Waals surface area contributed by atoms with Crippen LogP contribution in [0, 0.1) is 0 Å². The molecule has 2 rings (SSSR count). The summed E-state index contributed by atoms with van der Waals surface area (Å²) in [7, 11) is 0. The van der Waals surface area contributed by atoms with Crippen LogP contribution in [0.3, 0.4) is 0 Å². The Hall–Kier alpha value is -2.12. The number of hydrogen-bond donors (Lipinski definition) is 2. The Kier molecular flexibility index (Phi) is 6.57. The molecule has 0 bridgehead atoms. The van der Waals surface area contributed by atoms with E-state index in [0.717, 1.165) is 5.56 Å². The van der Waals surface area contributed by atoms with Gasteiger partial charge in [-0.05, 0) is 17.7 Å². The average molecular weight is 354 g/mol. The number of carbonyl (C=O) groups excluding carboxylic acids is 2. The zero-order chi connectivity index (χ0) is 17.5. The van der Waals surface area contributed by atoms with Gasteiger partial charge in [0.15, 0.2) is 0 Å². The SMILES string of the molecule is O=C(O)CNC(=O)CN1CCN(C(=O)Cc2ccc(Cl)cc2)CC1. The van der Waals surface area contributed by atoms with Gasteiger partial charge >= 0.3 is 5.97 Å². The van der Waals surface area contributed by atoms with Gasteiger partial charge in [-0.25, -0.2) is 0 Å². The lowest BCUT2D eigenvalue weighted by molar-refractivity contribution is -0.138. The van der Waals surface area contributed by atoms with Crippen LogP contribution in [-0.2, 0) is 20.8 Å². The van der Waals surface area contributed by atoms with Crippen molar-refractivity contribution in [2.45, 2.75) is 6.42 Å². The van der Waals surface area contributed by atoms with Crippen LogP contribution in [0.4, 0.5) is 0 Å². The molecule has 1 aliphatic rings. The van der Waals surface area contributed by atoms with E-state index in [2.05, 4.69) is 5.32 Å². The smallest absolute Gasteiger partial charge is 0.322 e. The number of nitrogens with zero attached hydrogens (tertiary/aromatic N) is 2. The van der Waals surface area contributed by atoms with Gasteiger partial charge in [0, 0.05) is 31.2 Å². The molecule has 0 atom stereocenters. The van der Waals surface area contributed by atoms with E-state index < -0.39 is 5.97 Å². The summed E-state index contributed by atoms with van der Waals surface area (Å²) < 4.78 is 0. The van der Waals surface area contributed by atoms with Crippen molar-refractivity contribution < 1.29 is 19.5 Å². The fourth-order valence-electron chi connectivity index (χ4n) is 2.48. The molecule has 1 aromatic carbocycles. The second kappa shape index (κ2) is 8.65. The number of rotatable bonds is 6. The molecular weight excluding hydrogens is 334 g/mol. The maximum Gasteiger partial charge on any atom is 0.322 e. The zero-order valence-corrected chi connectivity index (χ0v) is 14.0. The molecule has 0 aromatic heterocycles. The fourth-order valence-corrected chi connectivity index (χ4v) is 2.60. The van der Waals surface area contributed by atoms with Crippen LogP contribution in [0.25, 0.3) is 0 Å². The van der Waals surface area contributed by atoms with Crippen LogP contribution in [0.2, 0.25) is 5.02 Å². The standard InChI is InChI=1S/C16H20ClN3O4/c17-13-3-1-12(2-4-13)9-15(22)20-7-5-19(6-8-20)11-14(21)18-10-16(23)24/h1-4H,5-11H2,(H,18,21)(H,23,24). The van der Waals surface area contributed by atoms with Crippen molar-refractivity contribution >= 4 is 29.4 Å². The number of amides is 2. The lowest BCUT2D eigenvalue weighted by atomic mass is 10.1. The number of carbonyl (C=O) groups is 3. The fraction of sp³-hybridized carbons (Fsp3) is 0.438. The highest BCUT2D eigenvalue weighted by Gasteiger charge is 2.22. The Labute approximate surface area is 145 Å². The van der Waals surface area contributed by atoms with Gasteiger partial charge in [0.25, 0.3) is 0 Å². The van der Waals surface area contributed by atoms with Crippen LogP contribution < -0.4 is 5.32 Å². The van der Waals surface area contributed by atoms with Crippen LogP contribution in [0.1, 0.15) is 5.56 Å². The Balaban J connectivity index is 1.73. The van der Waals surface area contributed by atoms with E-state index in [9.17, 15) is 14.4 Å². The molecule has 2 amide bonds. The second-order valence-corrected chi connectivity index (χ2v) is 6.07. The molecule has 0 radical (unpaired) electrons. The zero-order valence-electron chi connectivity index (χ0n) is 13.2. The molecule has 130 valence electrons. The second-order valence-electron chi connectivity index (χ2n) is 5.63. The highest BCUT2D eigenvalue weighted by atomic mass is 35.5. The molecule has 0 spiro atoms. The van der Waals surface area contributed by atoms with Crippen LogP contribution >= 0.6 is 11.6 Å². The summed E-state index contributed by atoms with van der Waals surface area (Å²) >= 11 is 5.83. The summed E-state index contributed by atoms with van der Waals surface area (Å²) in [5.74, 6) is -1.34. The normalized spacial score (nSPS) is 15.1. The van der Waals surface area contributed by atoms with E-state index >= 15 is 0 Å². The van der Waals surface area contributed by atoms with Crippen molar-refractivity contribution in [3.8, 4) is 0 Å². The van der Waals surface area contributed by atoms with Crippen molar-refractivity contribution in [2.75, 3.05) is 39.3 Å². The van der Waals surface area contributed by atoms with Crippen LogP contribution in [0.15, 0.2) is 24.3 Å². The summed E-state index contributed by atoms with van der Waals surface area (Å²) in [6.07, 6.45) is 0.330. The summed E-state index contributed by atoms with van der Waals surface area (Å²) in [5.41, 5.74) is 0.917. The predicted molar refractivity (Wildman–Crippen MR) is 88.8 cm³/mol. The van der Waals surface area contributed by atoms with Crippen molar-refractivity contribution in [1.29, 1.82) is 0 Å². The first-order valence-corrected chi connectivity index (χ1v) is 8.05. The summed E-state index contributed by atoms with van der Waals surface area (Å²) in [5, 5.41) is 11.5. The molecule has 1 aromatic rings. The summed E-state index contributed by atoms with van der Waals surface area (Å²) in [6.45, 7) is 2.06. The Bertz CT molecular complexity index is 598. The Morgan fingerprint density at radius 1 is 1.08 bits per heavy atom. The number of benzene rings is 1. The molecular formula is C16H20ClN3O4. The molecule has 8 heteroatoms. The van der Waals surface area contributed by atoms with Crippen molar-refractivity contribution in [3.05, 3.63) is 34.9 Å². The van der Waals surface area contributed by atoms with Crippen LogP contribution in [0.5, 0.6) is 0 Å². The summed E-state index contributed by atoms with van der Waals surface area (Å²) in [4.78, 5) is 38.0. The highest BCUT2D eigenvalue weighted by molar-refractivity contribution is 6.30. The maximum absolute atomic E-state index is 12.3. The number of hydrogen-bond acceptors (Lipinski definition) is 4. The molecule has 7 nitrogen and oxygen atoms in total. The van der Waals surface area contributed by atoms with Gasteiger partial charge in [-0.2, -0.15) is 0 Å². The van der Waals surface area contributed by atoms with Gasteiger partial charge in [-0.3, -0.25) is 19.3 Å². The molecule has 1 saturated heterocycles. The highest BCUT2D eigenvalue weighted by Crippen LogP contribution is 2.11. The van der Waals surface area contributed by atoms with E-state index in [1.807, 2.05) is 17.0 Å². The minimum Gasteiger partial charge on any atom is -0.480 e. The third-order valence-electron chi connectivity index (χ3n) is 3.80. The molecule has 2 N–H and O–H groups in total. The largest absolute Gasteiger partial charge is 0.480 e. The number of nitrogens with one attached hydrogen (secondary N) is 1. The van der Waals surface area contributed by atoms with Gasteiger partial charge < -0.3 is 15.3 Å². The quantitative estimate of drug-likeness (QED) is 0.764. The lowest BCUT2D eigenvalue weighted by Crippen LogP contribution is -2.51. The van der Waals surface area contributed by atoms with Crippen molar-refractivity contribution in [2.24, 2.45) is 0 Å². The van der Waals surface area contributed by atoms with Gasteiger partial charge in [-0.15, -0.1) is 0 Å². The first-order chi connectivity index (χ1) is 11.4. The van der Waals surface area contributed by atoms with E-state index in [1.165, 1.54) is 0 Å². The van der Waals surface area contributed by atoms with E-state index in [-0.39, 0.29) is 24.9 Å². The third-order valence-corrected chi connectivity index (χ3v) is 4.05. The molecule has 1 fully saturated rings.